The van der Waals surface area contributed by atoms with Gasteiger partial charge in [0.15, 0.2) is 0 Å². The minimum absolute atomic E-state index is 0.0777. The highest BCUT2D eigenvalue weighted by Crippen LogP contribution is 2.37. The van der Waals surface area contributed by atoms with Crippen LogP contribution in [0.25, 0.3) is 0 Å². The molecule has 1 aliphatic rings. The lowest BCUT2D eigenvalue weighted by Gasteiger charge is -2.30. The first kappa shape index (κ1) is 11.3. The molecule has 0 fully saturated rings. The van der Waals surface area contributed by atoms with Crippen molar-refractivity contribution >= 4 is 5.95 Å². The van der Waals surface area contributed by atoms with E-state index in [9.17, 15) is 0 Å². The van der Waals surface area contributed by atoms with Crippen molar-refractivity contribution in [3.05, 3.63) is 66.4 Å². The van der Waals surface area contributed by atoms with E-state index in [2.05, 4.69) is 39.7 Å². The Bertz CT molecular complexity index is 690. The van der Waals surface area contributed by atoms with Crippen LogP contribution in [0.5, 0.6) is 0 Å². The zero-order chi connectivity index (χ0) is 13.4. The molecule has 3 aromatic rings. The van der Waals surface area contributed by atoms with Crippen molar-refractivity contribution in [3.63, 3.8) is 0 Å². The van der Waals surface area contributed by atoms with E-state index in [1.165, 1.54) is 5.56 Å². The SMILES string of the molecule is c1ccc(C2CC(c3ccco3)n3ncnc3N2)cc1. The fourth-order valence-corrected chi connectivity index (χ4v) is 2.74. The van der Waals surface area contributed by atoms with Crippen molar-refractivity contribution in [2.75, 3.05) is 5.32 Å². The van der Waals surface area contributed by atoms with Crippen molar-refractivity contribution in [1.29, 1.82) is 0 Å². The zero-order valence-electron chi connectivity index (χ0n) is 10.8. The molecule has 2 aromatic heterocycles. The lowest BCUT2D eigenvalue weighted by molar-refractivity contribution is 0.358. The quantitative estimate of drug-likeness (QED) is 0.774. The van der Waals surface area contributed by atoms with E-state index in [1.807, 2.05) is 22.9 Å². The number of benzene rings is 1. The Hall–Kier alpha value is -2.56. The number of aromatic nitrogens is 3. The van der Waals surface area contributed by atoms with Gasteiger partial charge in [-0.05, 0) is 17.7 Å². The molecule has 0 aliphatic carbocycles. The van der Waals surface area contributed by atoms with Crippen LogP contribution in [0.1, 0.15) is 29.8 Å². The van der Waals surface area contributed by atoms with Crippen LogP contribution < -0.4 is 5.32 Å². The lowest BCUT2D eigenvalue weighted by Crippen LogP contribution is -2.27. The molecule has 1 N–H and O–H groups in total. The first-order chi connectivity index (χ1) is 9.92. The van der Waals surface area contributed by atoms with Crippen LogP contribution in [-0.4, -0.2) is 14.8 Å². The first-order valence-electron chi connectivity index (χ1n) is 6.66. The van der Waals surface area contributed by atoms with Gasteiger partial charge in [0.25, 0.3) is 0 Å². The number of fused-ring (bicyclic) bond motifs is 1. The highest BCUT2D eigenvalue weighted by molar-refractivity contribution is 5.36. The van der Waals surface area contributed by atoms with Crippen molar-refractivity contribution in [3.8, 4) is 0 Å². The van der Waals surface area contributed by atoms with Crippen LogP contribution in [-0.2, 0) is 0 Å². The molecule has 0 amide bonds. The van der Waals surface area contributed by atoms with Crippen LogP contribution in [0.4, 0.5) is 5.95 Å². The average molecular weight is 266 g/mol. The van der Waals surface area contributed by atoms with Crippen LogP contribution >= 0.6 is 0 Å². The third-order valence-electron chi connectivity index (χ3n) is 3.70. The highest BCUT2D eigenvalue weighted by Gasteiger charge is 2.31. The third-order valence-corrected chi connectivity index (χ3v) is 3.70. The molecule has 0 spiro atoms. The minimum atomic E-state index is 0.0777. The molecule has 5 heteroatoms. The molecule has 0 radical (unpaired) electrons. The molecule has 0 saturated carbocycles. The second-order valence-electron chi connectivity index (χ2n) is 4.90. The molecule has 20 heavy (non-hydrogen) atoms. The van der Waals surface area contributed by atoms with Crippen LogP contribution in [0.3, 0.4) is 0 Å². The van der Waals surface area contributed by atoms with Gasteiger partial charge in [0.05, 0.1) is 12.3 Å². The Balaban J connectivity index is 1.74. The van der Waals surface area contributed by atoms with Crippen LogP contribution in [0, 0.1) is 0 Å². The van der Waals surface area contributed by atoms with Gasteiger partial charge in [-0.2, -0.15) is 10.1 Å². The lowest BCUT2D eigenvalue weighted by atomic mass is 9.96. The van der Waals surface area contributed by atoms with Crippen molar-refractivity contribution in [2.24, 2.45) is 0 Å². The van der Waals surface area contributed by atoms with Gasteiger partial charge in [0, 0.05) is 6.42 Å². The number of nitrogens with zero attached hydrogens (tertiary/aromatic N) is 3. The van der Waals surface area contributed by atoms with Gasteiger partial charge in [-0.15, -0.1) is 0 Å². The highest BCUT2D eigenvalue weighted by atomic mass is 16.3. The summed E-state index contributed by atoms with van der Waals surface area (Å²) in [6.07, 6.45) is 4.16. The molecule has 0 saturated heterocycles. The minimum Gasteiger partial charge on any atom is -0.467 e. The van der Waals surface area contributed by atoms with Gasteiger partial charge < -0.3 is 9.73 Å². The maximum Gasteiger partial charge on any atom is 0.222 e. The molecule has 3 heterocycles. The van der Waals surface area contributed by atoms with E-state index in [1.54, 1.807) is 12.6 Å². The van der Waals surface area contributed by atoms with Crippen molar-refractivity contribution < 1.29 is 4.42 Å². The van der Waals surface area contributed by atoms with E-state index >= 15 is 0 Å². The average Bonchev–Trinajstić information content (AvgIpc) is 3.18. The monoisotopic (exact) mass is 266 g/mol. The Morgan fingerprint density at radius 3 is 2.85 bits per heavy atom. The first-order valence-corrected chi connectivity index (χ1v) is 6.66. The Kier molecular flexibility index (Phi) is 2.55. The number of nitrogens with one attached hydrogen (secondary N) is 1. The number of anilines is 1. The molecule has 0 bridgehead atoms. The fourth-order valence-electron chi connectivity index (χ4n) is 2.74. The summed E-state index contributed by atoms with van der Waals surface area (Å²) in [5, 5.41) is 7.74. The predicted octanol–water partition coefficient (Wildman–Crippen LogP) is 3.02. The summed E-state index contributed by atoms with van der Waals surface area (Å²) in [7, 11) is 0. The summed E-state index contributed by atoms with van der Waals surface area (Å²) in [5.41, 5.74) is 1.25. The summed E-state index contributed by atoms with van der Waals surface area (Å²) in [4.78, 5) is 4.29. The largest absolute Gasteiger partial charge is 0.467 e. The van der Waals surface area contributed by atoms with E-state index in [0.29, 0.717) is 0 Å². The van der Waals surface area contributed by atoms with E-state index in [4.69, 9.17) is 4.42 Å². The van der Waals surface area contributed by atoms with Gasteiger partial charge in [0.1, 0.15) is 18.1 Å². The predicted molar refractivity (Wildman–Crippen MR) is 74.3 cm³/mol. The summed E-state index contributed by atoms with van der Waals surface area (Å²) >= 11 is 0. The second-order valence-corrected chi connectivity index (χ2v) is 4.90. The smallest absolute Gasteiger partial charge is 0.222 e. The molecule has 100 valence electrons. The third kappa shape index (κ3) is 1.79. The van der Waals surface area contributed by atoms with E-state index in [-0.39, 0.29) is 12.1 Å². The van der Waals surface area contributed by atoms with Crippen LogP contribution in [0.2, 0.25) is 0 Å². The normalized spacial score (nSPS) is 21.2. The summed E-state index contributed by atoms with van der Waals surface area (Å²) in [6, 6.07) is 14.6. The second kappa shape index (κ2) is 4.52. The van der Waals surface area contributed by atoms with Gasteiger partial charge in [0.2, 0.25) is 5.95 Å². The van der Waals surface area contributed by atoms with Gasteiger partial charge in [-0.1, -0.05) is 30.3 Å². The fraction of sp³-hybridized carbons (Fsp3) is 0.200. The zero-order valence-corrected chi connectivity index (χ0v) is 10.8. The number of furan rings is 1. The molecule has 2 unspecified atom stereocenters. The standard InChI is InChI=1S/C15H14N4O/c1-2-5-11(6-3-1)12-9-13(14-7-4-8-20-14)19-15(18-12)16-10-17-19/h1-8,10,12-13H,9H2,(H,16,17,18). The van der Waals surface area contributed by atoms with Crippen LogP contribution in [0.15, 0.2) is 59.5 Å². The molecule has 5 nitrogen and oxygen atoms in total. The maximum atomic E-state index is 5.57. The Morgan fingerprint density at radius 1 is 1.15 bits per heavy atom. The molecular formula is C15H14N4O. The maximum absolute atomic E-state index is 5.57. The molecule has 4 rings (SSSR count). The number of hydrogen-bond acceptors (Lipinski definition) is 4. The van der Waals surface area contributed by atoms with Gasteiger partial charge in [-0.25, -0.2) is 4.68 Å². The Morgan fingerprint density at radius 2 is 2.05 bits per heavy atom. The molecular weight excluding hydrogens is 252 g/mol. The topological polar surface area (TPSA) is 55.9 Å². The molecule has 2 atom stereocenters. The molecule has 1 aromatic carbocycles. The summed E-state index contributed by atoms with van der Waals surface area (Å²) < 4.78 is 7.45. The van der Waals surface area contributed by atoms with Gasteiger partial charge >= 0.3 is 0 Å². The Labute approximate surface area is 116 Å². The van der Waals surface area contributed by atoms with E-state index in [0.717, 1.165) is 18.1 Å². The van der Waals surface area contributed by atoms with Crippen molar-refractivity contribution in [1.82, 2.24) is 14.8 Å². The van der Waals surface area contributed by atoms with Crippen molar-refractivity contribution in [2.45, 2.75) is 18.5 Å². The molecule has 1 aliphatic heterocycles. The number of rotatable bonds is 2. The van der Waals surface area contributed by atoms with Gasteiger partial charge in [-0.3, -0.25) is 0 Å². The van der Waals surface area contributed by atoms with E-state index < -0.39 is 0 Å². The number of hydrogen-bond donors (Lipinski definition) is 1. The summed E-state index contributed by atoms with van der Waals surface area (Å²) in [6.45, 7) is 0. The summed E-state index contributed by atoms with van der Waals surface area (Å²) in [5.74, 6) is 1.70.